The summed E-state index contributed by atoms with van der Waals surface area (Å²) in [7, 11) is 0. The number of carbonyl (C=O) groups excluding carboxylic acids is 1. The summed E-state index contributed by atoms with van der Waals surface area (Å²) in [6.45, 7) is 4.04. The molecule has 17 heavy (non-hydrogen) atoms. The summed E-state index contributed by atoms with van der Waals surface area (Å²) >= 11 is 3.40. The molecule has 0 aliphatic rings. The van der Waals surface area contributed by atoms with Crippen LogP contribution in [0.1, 0.15) is 12.5 Å². The Labute approximate surface area is 110 Å². The Kier molecular flexibility index (Phi) is 5.05. The van der Waals surface area contributed by atoms with Gasteiger partial charge in [0, 0.05) is 10.2 Å². The van der Waals surface area contributed by atoms with Gasteiger partial charge in [-0.1, -0.05) is 27.9 Å². The second kappa shape index (κ2) is 6.31. The van der Waals surface area contributed by atoms with Gasteiger partial charge in [-0.2, -0.15) is 0 Å². The number of benzene rings is 1. The highest BCUT2D eigenvalue weighted by Gasteiger charge is 2.12. The molecule has 1 aromatic rings. The average Bonchev–Trinajstić information content (AvgIpc) is 2.30. The van der Waals surface area contributed by atoms with Gasteiger partial charge in [-0.25, -0.2) is 0 Å². The minimum atomic E-state index is -0.323. The molecule has 0 bridgehead atoms. The molecule has 2 N–H and O–H groups in total. The molecular weight excluding hydrogens is 280 g/mol. The van der Waals surface area contributed by atoms with Crippen LogP contribution < -0.4 is 10.6 Å². The zero-order valence-electron chi connectivity index (χ0n) is 9.88. The maximum absolute atomic E-state index is 11.6. The van der Waals surface area contributed by atoms with Gasteiger partial charge in [0.15, 0.2) is 0 Å². The van der Waals surface area contributed by atoms with Gasteiger partial charge in [0.25, 0.3) is 0 Å². The van der Waals surface area contributed by atoms with Gasteiger partial charge < -0.3 is 10.6 Å². The Morgan fingerprint density at radius 2 is 2.29 bits per heavy atom. The molecule has 4 heteroatoms. The van der Waals surface area contributed by atoms with Crippen molar-refractivity contribution in [2.24, 2.45) is 0 Å². The number of carbonyl (C=O) groups is 1. The Balaban J connectivity index is 2.67. The lowest BCUT2D eigenvalue weighted by Crippen LogP contribution is -2.37. The molecule has 1 rings (SSSR count). The normalized spacial score (nSPS) is 11.4. The van der Waals surface area contributed by atoms with E-state index in [1.54, 1.807) is 6.92 Å². The van der Waals surface area contributed by atoms with Crippen LogP contribution in [-0.2, 0) is 4.79 Å². The van der Waals surface area contributed by atoms with E-state index in [4.69, 9.17) is 6.42 Å². The number of halogens is 1. The van der Waals surface area contributed by atoms with E-state index in [0.717, 1.165) is 15.7 Å². The first kappa shape index (κ1) is 13.6. The molecule has 0 saturated carbocycles. The van der Waals surface area contributed by atoms with Crippen LogP contribution in [0.2, 0.25) is 0 Å². The fourth-order valence-corrected chi connectivity index (χ4v) is 1.70. The van der Waals surface area contributed by atoms with Crippen molar-refractivity contribution in [3.63, 3.8) is 0 Å². The highest BCUT2D eigenvalue weighted by molar-refractivity contribution is 9.10. The smallest absolute Gasteiger partial charge is 0.242 e. The zero-order chi connectivity index (χ0) is 12.8. The maximum atomic E-state index is 11.6. The molecule has 1 amide bonds. The van der Waals surface area contributed by atoms with Gasteiger partial charge in [0.05, 0.1) is 6.54 Å². The molecular formula is C13H15BrN2O. The third kappa shape index (κ3) is 4.12. The molecule has 0 radical (unpaired) electrons. The summed E-state index contributed by atoms with van der Waals surface area (Å²) in [4.78, 5) is 11.6. The second-order valence-electron chi connectivity index (χ2n) is 3.75. The third-order valence-corrected chi connectivity index (χ3v) is 2.82. The van der Waals surface area contributed by atoms with E-state index in [0.29, 0.717) is 0 Å². The summed E-state index contributed by atoms with van der Waals surface area (Å²) in [6, 6.07) is 5.57. The van der Waals surface area contributed by atoms with Crippen LogP contribution in [0.5, 0.6) is 0 Å². The van der Waals surface area contributed by atoms with Crippen molar-refractivity contribution < 1.29 is 4.79 Å². The fourth-order valence-electron chi connectivity index (χ4n) is 1.34. The largest absolute Gasteiger partial charge is 0.374 e. The average molecular weight is 295 g/mol. The first-order valence-electron chi connectivity index (χ1n) is 5.28. The lowest BCUT2D eigenvalue weighted by molar-refractivity contribution is -0.121. The van der Waals surface area contributed by atoms with Gasteiger partial charge in [0.2, 0.25) is 5.91 Å². The van der Waals surface area contributed by atoms with Crippen LogP contribution >= 0.6 is 15.9 Å². The van der Waals surface area contributed by atoms with Gasteiger partial charge >= 0.3 is 0 Å². The van der Waals surface area contributed by atoms with E-state index >= 15 is 0 Å². The van der Waals surface area contributed by atoms with E-state index < -0.39 is 0 Å². The molecule has 1 aromatic carbocycles. The fraction of sp³-hybridized carbons (Fsp3) is 0.308. The Hall–Kier alpha value is -1.47. The van der Waals surface area contributed by atoms with E-state index in [1.807, 2.05) is 25.1 Å². The Morgan fingerprint density at radius 1 is 1.59 bits per heavy atom. The Bertz CT molecular complexity index is 451. The summed E-state index contributed by atoms with van der Waals surface area (Å²) < 4.78 is 0.974. The van der Waals surface area contributed by atoms with E-state index in [9.17, 15) is 4.79 Å². The van der Waals surface area contributed by atoms with Crippen molar-refractivity contribution in [2.75, 3.05) is 11.9 Å². The molecule has 0 heterocycles. The van der Waals surface area contributed by atoms with Crippen molar-refractivity contribution >= 4 is 27.5 Å². The summed E-state index contributed by atoms with van der Waals surface area (Å²) in [6.07, 6.45) is 5.08. The SMILES string of the molecule is C#CCNC(=O)C(C)Nc1cc(Br)ccc1C. The molecule has 90 valence electrons. The maximum Gasteiger partial charge on any atom is 0.242 e. The van der Waals surface area contributed by atoms with E-state index in [2.05, 4.69) is 32.5 Å². The van der Waals surface area contributed by atoms with Crippen molar-refractivity contribution in [2.45, 2.75) is 19.9 Å². The number of anilines is 1. The number of amides is 1. The highest BCUT2D eigenvalue weighted by atomic mass is 79.9. The molecule has 0 saturated heterocycles. The van der Waals surface area contributed by atoms with Gasteiger partial charge in [-0.3, -0.25) is 4.79 Å². The lowest BCUT2D eigenvalue weighted by atomic mass is 10.2. The van der Waals surface area contributed by atoms with Crippen molar-refractivity contribution in [3.8, 4) is 12.3 Å². The number of aryl methyl sites for hydroxylation is 1. The molecule has 0 aliphatic carbocycles. The zero-order valence-corrected chi connectivity index (χ0v) is 11.5. The number of nitrogens with one attached hydrogen (secondary N) is 2. The van der Waals surface area contributed by atoms with Crippen LogP contribution in [0.3, 0.4) is 0 Å². The number of hydrogen-bond acceptors (Lipinski definition) is 2. The van der Waals surface area contributed by atoms with Crippen molar-refractivity contribution in [3.05, 3.63) is 28.2 Å². The molecule has 1 unspecified atom stereocenters. The molecule has 0 aromatic heterocycles. The number of terminal acetylenes is 1. The molecule has 0 spiro atoms. The quantitative estimate of drug-likeness (QED) is 0.837. The van der Waals surface area contributed by atoms with Crippen LogP contribution in [0.4, 0.5) is 5.69 Å². The van der Waals surface area contributed by atoms with Crippen LogP contribution in [0.25, 0.3) is 0 Å². The lowest BCUT2D eigenvalue weighted by Gasteiger charge is -2.16. The van der Waals surface area contributed by atoms with Gasteiger partial charge in [-0.05, 0) is 31.5 Å². The van der Waals surface area contributed by atoms with Crippen LogP contribution in [0.15, 0.2) is 22.7 Å². The molecule has 0 fully saturated rings. The van der Waals surface area contributed by atoms with E-state index in [-0.39, 0.29) is 18.5 Å². The summed E-state index contributed by atoms with van der Waals surface area (Å²) in [5.74, 6) is 2.26. The standard InChI is InChI=1S/C13H15BrN2O/c1-4-7-15-13(17)10(3)16-12-8-11(14)6-5-9(12)2/h1,5-6,8,10,16H,7H2,2-3H3,(H,15,17). The first-order chi connectivity index (χ1) is 8.04. The van der Waals surface area contributed by atoms with Gasteiger partial charge in [0.1, 0.15) is 6.04 Å². The summed E-state index contributed by atoms with van der Waals surface area (Å²) in [5.41, 5.74) is 2.02. The predicted molar refractivity (Wildman–Crippen MR) is 73.8 cm³/mol. The summed E-state index contributed by atoms with van der Waals surface area (Å²) in [5, 5.41) is 5.79. The number of hydrogen-bond donors (Lipinski definition) is 2. The van der Waals surface area contributed by atoms with Crippen LogP contribution in [-0.4, -0.2) is 18.5 Å². The minimum absolute atomic E-state index is 0.109. The van der Waals surface area contributed by atoms with Gasteiger partial charge in [-0.15, -0.1) is 6.42 Å². The third-order valence-electron chi connectivity index (χ3n) is 2.33. The predicted octanol–water partition coefficient (Wildman–Crippen LogP) is 2.31. The Morgan fingerprint density at radius 3 is 2.94 bits per heavy atom. The monoisotopic (exact) mass is 294 g/mol. The van der Waals surface area contributed by atoms with Crippen LogP contribution in [0, 0.1) is 19.3 Å². The molecule has 3 nitrogen and oxygen atoms in total. The van der Waals surface area contributed by atoms with Crippen molar-refractivity contribution in [1.29, 1.82) is 0 Å². The first-order valence-corrected chi connectivity index (χ1v) is 6.07. The topological polar surface area (TPSA) is 41.1 Å². The van der Waals surface area contributed by atoms with Crippen molar-refractivity contribution in [1.82, 2.24) is 5.32 Å². The molecule has 1 atom stereocenters. The van der Waals surface area contributed by atoms with E-state index in [1.165, 1.54) is 0 Å². The number of rotatable bonds is 4. The minimum Gasteiger partial charge on any atom is -0.374 e. The molecule has 0 aliphatic heterocycles. The highest BCUT2D eigenvalue weighted by Crippen LogP contribution is 2.21. The second-order valence-corrected chi connectivity index (χ2v) is 4.66.